The van der Waals surface area contributed by atoms with E-state index in [9.17, 15) is 0 Å². The topological polar surface area (TPSA) is 12.0 Å². The Balaban J connectivity index is 2.32. The van der Waals surface area contributed by atoms with Crippen LogP contribution in [0.4, 0.5) is 0 Å². The maximum atomic E-state index is 3.53. The predicted octanol–water partition coefficient (Wildman–Crippen LogP) is 3.38. The highest BCUT2D eigenvalue weighted by molar-refractivity contribution is 5.17. The molecule has 0 fully saturated rings. The first-order chi connectivity index (χ1) is 6.70. The van der Waals surface area contributed by atoms with Gasteiger partial charge in [0.25, 0.3) is 0 Å². The Labute approximate surface area is 87.5 Å². The molecule has 1 heteroatoms. The van der Waals surface area contributed by atoms with Crippen molar-refractivity contribution in [2.24, 2.45) is 5.92 Å². The lowest BCUT2D eigenvalue weighted by Crippen LogP contribution is -2.20. The number of hydrogen-bond acceptors (Lipinski definition) is 1. The van der Waals surface area contributed by atoms with E-state index >= 15 is 0 Å². The average Bonchev–Trinajstić information content (AvgIpc) is 2.18. The monoisotopic (exact) mass is 191 g/mol. The van der Waals surface area contributed by atoms with Gasteiger partial charge in [-0.15, -0.1) is 0 Å². The van der Waals surface area contributed by atoms with E-state index in [1.54, 1.807) is 0 Å². The van der Waals surface area contributed by atoms with Crippen molar-refractivity contribution in [3.05, 3.63) is 35.9 Å². The Kier molecular flexibility index (Phi) is 4.68. The zero-order valence-corrected chi connectivity index (χ0v) is 9.46. The molecule has 0 aliphatic rings. The van der Waals surface area contributed by atoms with Gasteiger partial charge in [-0.05, 0) is 31.4 Å². The van der Waals surface area contributed by atoms with E-state index in [1.807, 2.05) is 0 Å². The fraction of sp³-hybridized carbons (Fsp3) is 0.538. The summed E-state index contributed by atoms with van der Waals surface area (Å²) >= 11 is 0. The van der Waals surface area contributed by atoms with Crippen LogP contribution in [0.2, 0.25) is 0 Å². The Morgan fingerprint density at radius 2 is 1.71 bits per heavy atom. The van der Waals surface area contributed by atoms with Crippen LogP contribution in [-0.2, 0) is 0 Å². The summed E-state index contributed by atoms with van der Waals surface area (Å²) in [6.45, 7) is 7.84. The second-order valence-electron chi connectivity index (χ2n) is 4.27. The van der Waals surface area contributed by atoms with Crippen LogP contribution in [0.15, 0.2) is 30.3 Å². The Morgan fingerprint density at radius 3 is 2.29 bits per heavy atom. The fourth-order valence-corrected chi connectivity index (χ4v) is 1.45. The van der Waals surface area contributed by atoms with Crippen LogP contribution < -0.4 is 5.32 Å². The van der Waals surface area contributed by atoms with Gasteiger partial charge in [0.1, 0.15) is 0 Å². The van der Waals surface area contributed by atoms with Gasteiger partial charge in [0.05, 0.1) is 0 Å². The first-order valence-corrected chi connectivity index (χ1v) is 5.48. The van der Waals surface area contributed by atoms with Crippen molar-refractivity contribution in [1.29, 1.82) is 0 Å². The summed E-state index contributed by atoms with van der Waals surface area (Å²) in [5.74, 6) is 0.783. The van der Waals surface area contributed by atoms with Crippen LogP contribution >= 0.6 is 0 Å². The van der Waals surface area contributed by atoms with Crippen LogP contribution in [0.25, 0.3) is 0 Å². The van der Waals surface area contributed by atoms with Crippen molar-refractivity contribution in [3.63, 3.8) is 0 Å². The van der Waals surface area contributed by atoms with Crippen molar-refractivity contribution in [2.45, 2.75) is 33.2 Å². The van der Waals surface area contributed by atoms with Gasteiger partial charge >= 0.3 is 0 Å². The average molecular weight is 191 g/mol. The van der Waals surface area contributed by atoms with Crippen molar-refractivity contribution in [3.8, 4) is 0 Å². The van der Waals surface area contributed by atoms with Crippen LogP contribution in [0.1, 0.15) is 38.8 Å². The van der Waals surface area contributed by atoms with Crippen LogP contribution in [0.5, 0.6) is 0 Å². The van der Waals surface area contributed by atoms with Gasteiger partial charge in [-0.3, -0.25) is 0 Å². The minimum atomic E-state index is 0.468. The minimum absolute atomic E-state index is 0.468. The molecule has 0 aliphatic carbocycles. The molecule has 1 rings (SSSR count). The van der Waals surface area contributed by atoms with Gasteiger partial charge in [-0.2, -0.15) is 0 Å². The summed E-state index contributed by atoms with van der Waals surface area (Å²) in [7, 11) is 0. The summed E-state index contributed by atoms with van der Waals surface area (Å²) < 4.78 is 0. The standard InChI is InChI=1S/C13H21N/c1-11(2)9-10-14-12(3)13-7-5-4-6-8-13/h4-8,11-12,14H,9-10H2,1-3H3/t12-/m0/s1. The quantitative estimate of drug-likeness (QED) is 0.752. The van der Waals surface area contributed by atoms with Gasteiger partial charge < -0.3 is 5.32 Å². The molecule has 78 valence electrons. The molecule has 0 amide bonds. The second kappa shape index (κ2) is 5.82. The maximum Gasteiger partial charge on any atom is 0.0291 e. The summed E-state index contributed by atoms with van der Waals surface area (Å²) in [4.78, 5) is 0. The summed E-state index contributed by atoms with van der Waals surface area (Å²) in [5, 5.41) is 3.53. The van der Waals surface area contributed by atoms with Crippen LogP contribution in [-0.4, -0.2) is 6.54 Å². The van der Waals surface area contributed by atoms with Crippen molar-refractivity contribution < 1.29 is 0 Å². The molecule has 0 saturated heterocycles. The van der Waals surface area contributed by atoms with Gasteiger partial charge in [-0.25, -0.2) is 0 Å². The minimum Gasteiger partial charge on any atom is -0.310 e. The molecular weight excluding hydrogens is 170 g/mol. The van der Waals surface area contributed by atoms with E-state index in [0.717, 1.165) is 12.5 Å². The molecule has 1 aromatic rings. The number of nitrogens with one attached hydrogen (secondary N) is 1. The molecule has 1 nitrogen and oxygen atoms in total. The molecule has 0 aliphatic heterocycles. The molecule has 0 bridgehead atoms. The SMILES string of the molecule is CC(C)CCN[C@@H](C)c1ccccc1. The van der Waals surface area contributed by atoms with Gasteiger partial charge in [0.2, 0.25) is 0 Å². The van der Waals surface area contributed by atoms with E-state index in [4.69, 9.17) is 0 Å². The van der Waals surface area contributed by atoms with Crippen LogP contribution in [0.3, 0.4) is 0 Å². The highest BCUT2D eigenvalue weighted by Gasteiger charge is 2.03. The van der Waals surface area contributed by atoms with Gasteiger partial charge in [-0.1, -0.05) is 44.2 Å². The van der Waals surface area contributed by atoms with E-state index in [2.05, 4.69) is 56.4 Å². The molecule has 0 unspecified atom stereocenters. The Bertz CT molecular complexity index is 241. The highest BCUT2D eigenvalue weighted by Crippen LogP contribution is 2.11. The van der Waals surface area contributed by atoms with E-state index < -0.39 is 0 Å². The normalized spacial score (nSPS) is 13.1. The first kappa shape index (κ1) is 11.3. The highest BCUT2D eigenvalue weighted by atomic mass is 14.9. The summed E-state index contributed by atoms with van der Waals surface area (Å²) in [6.07, 6.45) is 1.25. The molecule has 0 aromatic heterocycles. The molecule has 1 atom stereocenters. The molecule has 0 radical (unpaired) electrons. The number of hydrogen-bond donors (Lipinski definition) is 1. The molecular formula is C13H21N. The lowest BCUT2D eigenvalue weighted by atomic mass is 10.1. The smallest absolute Gasteiger partial charge is 0.0291 e. The number of benzene rings is 1. The van der Waals surface area contributed by atoms with E-state index in [1.165, 1.54) is 12.0 Å². The third-order valence-corrected chi connectivity index (χ3v) is 2.47. The predicted molar refractivity (Wildman–Crippen MR) is 62.3 cm³/mol. The van der Waals surface area contributed by atoms with Gasteiger partial charge in [0, 0.05) is 6.04 Å². The molecule has 1 aromatic carbocycles. The molecule has 14 heavy (non-hydrogen) atoms. The zero-order chi connectivity index (χ0) is 10.4. The van der Waals surface area contributed by atoms with Crippen LogP contribution in [0, 0.1) is 5.92 Å². The van der Waals surface area contributed by atoms with Crippen molar-refractivity contribution in [2.75, 3.05) is 6.54 Å². The summed E-state index contributed by atoms with van der Waals surface area (Å²) in [5.41, 5.74) is 1.37. The largest absolute Gasteiger partial charge is 0.310 e. The third kappa shape index (κ3) is 3.93. The number of rotatable bonds is 5. The molecule has 1 N–H and O–H groups in total. The lowest BCUT2D eigenvalue weighted by molar-refractivity contribution is 0.497. The molecule has 0 heterocycles. The zero-order valence-electron chi connectivity index (χ0n) is 9.46. The van der Waals surface area contributed by atoms with E-state index in [0.29, 0.717) is 6.04 Å². The second-order valence-corrected chi connectivity index (χ2v) is 4.27. The fourth-order valence-electron chi connectivity index (χ4n) is 1.45. The lowest BCUT2D eigenvalue weighted by Gasteiger charge is -2.14. The van der Waals surface area contributed by atoms with Crippen molar-refractivity contribution >= 4 is 0 Å². The van der Waals surface area contributed by atoms with Crippen molar-refractivity contribution in [1.82, 2.24) is 5.32 Å². The van der Waals surface area contributed by atoms with E-state index in [-0.39, 0.29) is 0 Å². The Hall–Kier alpha value is -0.820. The first-order valence-electron chi connectivity index (χ1n) is 5.48. The Morgan fingerprint density at radius 1 is 1.07 bits per heavy atom. The molecule has 0 spiro atoms. The third-order valence-electron chi connectivity index (χ3n) is 2.47. The van der Waals surface area contributed by atoms with Gasteiger partial charge in [0.15, 0.2) is 0 Å². The maximum absolute atomic E-state index is 3.53. The molecule has 0 saturated carbocycles. The summed E-state index contributed by atoms with van der Waals surface area (Å²) in [6, 6.07) is 11.1.